The molecule has 6 heavy (non-hydrogen) atoms. The van der Waals surface area contributed by atoms with E-state index in [1.165, 1.54) is 0 Å². The number of nitrogens with zero attached hydrogens (tertiary/aromatic N) is 1. The average Bonchev–Trinajstić information content (AvgIpc) is 1.36. The second-order valence-corrected chi connectivity index (χ2v) is 5.70. The molecular formula is CH8N2OSi2. The maximum Gasteiger partial charge on any atom is 0.297 e. The first-order valence-corrected chi connectivity index (χ1v) is 3.40. The van der Waals surface area contributed by atoms with Crippen LogP contribution in [0.1, 0.15) is 0 Å². The molecule has 2 amide bonds. The SMILES string of the molecule is NC(=O)N([SiH3])[SiH3]. The van der Waals surface area contributed by atoms with Crippen molar-refractivity contribution >= 4 is 26.8 Å². The average molecular weight is 120 g/mol. The largest absolute Gasteiger partial charge is 0.395 e. The van der Waals surface area contributed by atoms with Gasteiger partial charge in [0.25, 0.3) is 6.03 Å². The molecule has 0 bridgehead atoms. The molecule has 0 aromatic carbocycles. The molecule has 0 atom stereocenters. The van der Waals surface area contributed by atoms with Crippen LogP contribution >= 0.6 is 0 Å². The molecule has 0 saturated carbocycles. The van der Waals surface area contributed by atoms with Crippen molar-refractivity contribution < 1.29 is 4.79 Å². The summed E-state index contributed by atoms with van der Waals surface area (Å²) in [6, 6.07) is -0.284. The second-order valence-electron chi connectivity index (χ2n) is 1.23. The van der Waals surface area contributed by atoms with E-state index in [-0.39, 0.29) is 6.03 Å². The van der Waals surface area contributed by atoms with Crippen molar-refractivity contribution in [1.29, 1.82) is 0 Å². The van der Waals surface area contributed by atoms with E-state index in [1.54, 1.807) is 4.23 Å². The number of carbonyl (C=O) groups excluding carboxylic acids is 1. The van der Waals surface area contributed by atoms with Gasteiger partial charge in [-0.3, -0.25) is 4.79 Å². The van der Waals surface area contributed by atoms with Gasteiger partial charge in [-0.2, -0.15) is 0 Å². The molecule has 0 spiro atoms. The van der Waals surface area contributed by atoms with Crippen molar-refractivity contribution in [3.05, 3.63) is 0 Å². The highest BCUT2D eigenvalue weighted by molar-refractivity contribution is 6.33. The van der Waals surface area contributed by atoms with Gasteiger partial charge in [0.15, 0.2) is 0 Å². The lowest BCUT2D eigenvalue weighted by molar-refractivity contribution is 0.245. The molecule has 0 aromatic rings. The van der Waals surface area contributed by atoms with Gasteiger partial charge in [-0.25, -0.2) is 0 Å². The lowest BCUT2D eigenvalue weighted by Crippen LogP contribution is -2.30. The minimum absolute atomic E-state index is 0.284. The van der Waals surface area contributed by atoms with E-state index in [0.717, 1.165) is 20.8 Å². The van der Waals surface area contributed by atoms with Gasteiger partial charge in [0.1, 0.15) is 20.8 Å². The molecule has 0 saturated heterocycles. The highest BCUT2D eigenvalue weighted by Gasteiger charge is 1.87. The van der Waals surface area contributed by atoms with Crippen LogP contribution in [0.15, 0.2) is 0 Å². The summed E-state index contributed by atoms with van der Waals surface area (Å²) in [5, 5.41) is 0. The molecule has 0 aliphatic heterocycles. The van der Waals surface area contributed by atoms with Gasteiger partial charge in [-0.05, 0) is 0 Å². The molecule has 0 fully saturated rings. The van der Waals surface area contributed by atoms with Crippen molar-refractivity contribution in [3.63, 3.8) is 0 Å². The molecule has 0 unspecified atom stereocenters. The van der Waals surface area contributed by atoms with Gasteiger partial charge in [0, 0.05) is 0 Å². The van der Waals surface area contributed by atoms with Crippen molar-refractivity contribution in [1.82, 2.24) is 4.23 Å². The summed E-state index contributed by atoms with van der Waals surface area (Å²) in [4.78, 5) is 9.92. The normalized spacial score (nSPS) is 8.67. The summed E-state index contributed by atoms with van der Waals surface area (Å²) < 4.78 is 1.58. The topological polar surface area (TPSA) is 46.3 Å². The Balaban J connectivity index is 3.26. The van der Waals surface area contributed by atoms with E-state index in [1.807, 2.05) is 0 Å². The Morgan fingerprint density at radius 1 is 1.67 bits per heavy atom. The first-order valence-electron chi connectivity index (χ1n) is 1.61. The highest BCUT2D eigenvalue weighted by atomic mass is 28.2. The zero-order valence-electron chi connectivity index (χ0n) is 3.93. The van der Waals surface area contributed by atoms with Crippen LogP contribution in [0.5, 0.6) is 0 Å². The van der Waals surface area contributed by atoms with E-state index in [4.69, 9.17) is 5.73 Å². The molecule has 0 heterocycles. The number of urea groups is 1. The monoisotopic (exact) mass is 120 g/mol. The van der Waals surface area contributed by atoms with Crippen LogP contribution < -0.4 is 5.73 Å². The molecule has 2 N–H and O–H groups in total. The maximum absolute atomic E-state index is 9.92. The van der Waals surface area contributed by atoms with Gasteiger partial charge >= 0.3 is 0 Å². The summed E-state index contributed by atoms with van der Waals surface area (Å²) >= 11 is 0. The molecule has 5 heteroatoms. The van der Waals surface area contributed by atoms with Crippen LogP contribution in [-0.4, -0.2) is 31.1 Å². The Morgan fingerprint density at radius 2 is 1.83 bits per heavy atom. The summed E-state index contributed by atoms with van der Waals surface area (Å²) in [6.07, 6.45) is 0. The Kier molecular flexibility index (Phi) is 1.89. The predicted molar refractivity (Wildman–Crippen MR) is 31.3 cm³/mol. The molecule has 3 nitrogen and oxygen atoms in total. The van der Waals surface area contributed by atoms with E-state index in [9.17, 15) is 4.79 Å². The highest BCUT2D eigenvalue weighted by Crippen LogP contribution is 1.62. The molecule has 0 aliphatic carbocycles. The molecule has 0 radical (unpaired) electrons. The number of amides is 2. The Labute approximate surface area is 42.5 Å². The second kappa shape index (κ2) is 1.98. The Hall–Kier alpha value is -0.296. The third-order valence-corrected chi connectivity index (χ3v) is 1.32. The van der Waals surface area contributed by atoms with Crippen LogP contribution in [-0.2, 0) is 0 Å². The number of nitrogens with two attached hydrogens (primary N) is 1. The van der Waals surface area contributed by atoms with Crippen LogP contribution in [0.4, 0.5) is 4.79 Å². The fraction of sp³-hybridized carbons (Fsp3) is 0. The van der Waals surface area contributed by atoms with Gasteiger partial charge in [-0.15, -0.1) is 0 Å². The number of carbonyl (C=O) groups is 1. The van der Waals surface area contributed by atoms with Crippen molar-refractivity contribution in [2.24, 2.45) is 5.73 Å². The first kappa shape index (κ1) is 5.70. The molecule has 0 aromatic heterocycles. The van der Waals surface area contributed by atoms with Crippen molar-refractivity contribution in [3.8, 4) is 0 Å². The summed E-state index contributed by atoms with van der Waals surface area (Å²) in [7, 11) is 1.55. The lowest BCUT2D eigenvalue weighted by Gasteiger charge is -2.03. The van der Waals surface area contributed by atoms with Crippen LogP contribution in [0, 0.1) is 0 Å². The third-order valence-electron chi connectivity index (χ3n) is 0.441. The summed E-state index contributed by atoms with van der Waals surface area (Å²) in [5.41, 5.74) is 4.79. The molecule has 0 rings (SSSR count). The van der Waals surface area contributed by atoms with E-state index < -0.39 is 0 Å². The number of hydrogen-bond acceptors (Lipinski definition) is 1. The summed E-state index contributed by atoms with van der Waals surface area (Å²) in [5.74, 6) is 0. The van der Waals surface area contributed by atoms with Gasteiger partial charge < -0.3 is 9.96 Å². The van der Waals surface area contributed by atoms with Crippen molar-refractivity contribution in [2.75, 3.05) is 0 Å². The minimum atomic E-state index is -0.284. The smallest absolute Gasteiger partial charge is 0.297 e. The minimum Gasteiger partial charge on any atom is -0.395 e. The van der Waals surface area contributed by atoms with Gasteiger partial charge in [0.2, 0.25) is 0 Å². The first-order chi connectivity index (χ1) is 2.64. The molecule has 36 valence electrons. The fourth-order valence-corrected chi connectivity index (χ4v) is 0. The number of hydrogen-bond donors (Lipinski definition) is 1. The number of primary amides is 1. The van der Waals surface area contributed by atoms with Crippen LogP contribution in [0.25, 0.3) is 0 Å². The third kappa shape index (κ3) is 1.97. The van der Waals surface area contributed by atoms with Crippen LogP contribution in [0.2, 0.25) is 0 Å². The van der Waals surface area contributed by atoms with E-state index in [2.05, 4.69) is 0 Å². The standard InChI is InChI=1S/CH8N2OSi2/c2-1(4)3(5)6/h5-6H3,(H2,2,4). The zero-order chi connectivity index (χ0) is 5.15. The maximum atomic E-state index is 9.92. The van der Waals surface area contributed by atoms with Gasteiger partial charge in [-0.1, -0.05) is 0 Å². The molecular weight excluding hydrogens is 112 g/mol. The number of rotatable bonds is 0. The quantitative estimate of drug-likeness (QED) is 0.339. The van der Waals surface area contributed by atoms with Crippen LogP contribution in [0.3, 0.4) is 0 Å². The lowest BCUT2D eigenvalue weighted by atomic mass is 11.2. The molecule has 0 aliphatic rings. The Bertz CT molecular complexity index is 62.6. The fourth-order valence-electron chi connectivity index (χ4n) is 0. The summed E-state index contributed by atoms with van der Waals surface area (Å²) in [6.45, 7) is 0. The zero-order valence-corrected chi connectivity index (χ0v) is 7.93. The Morgan fingerprint density at radius 3 is 1.83 bits per heavy atom. The predicted octanol–water partition coefficient (Wildman–Crippen LogP) is -3.07. The van der Waals surface area contributed by atoms with Crippen molar-refractivity contribution in [2.45, 2.75) is 0 Å². The van der Waals surface area contributed by atoms with E-state index in [0.29, 0.717) is 0 Å². The van der Waals surface area contributed by atoms with Gasteiger partial charge in [0.05, 0.1) is 0 Å². The van der Waals surface area contributed by atoms with E-state index >= 15 is 0 Å².